The van der Waals surface area contributed by atoms with E-state index in [-0.39, 0.29) is 23.8 Å². The fourth-order valence-electron chi connectivity index (χ4n) is 1.51. The highest BCUT2D eigenvalue weighted by molar-refractivity contribution is 9.10. The fraction of sp³-hybridized carbons (Fsp3) is 0.0769. The van der Waals surface area contributed by atoms with Crippen molar-refractivity contribution in [3.05, 3.63) is 57.8 Å². The molecule has 0 aliphatic rings. The quantitative estimate of drug-likeness (QED) is 0.853. The molecular weight excluding hydrogens is 298 g/mol. The van der Waals surface area contributed by atoms with Gasteiger partial charge in [-0.05, 0) is 24.3 Å². The first kappa shape index (κ1) is 12.7. The first-order valence-corrected chi connectivity index (χ1v) is 6.01. The van der Waals surface area contributed by atoms with E-state index in [1.54, 1.807) is 24.3 Å². The standard InChI is InChI=1S/C13H10BrNO3/c14-9-3-1-2-8(6-9)13(18)12-11(17)5-4-10(7-16)15-12/h1-6,16-17H,7H2. The zero-order chi connectivity index (χ0) is 13.1. The van der Waals surface area contributed by atoms with E-state index in [9.17, 15) is 9.90 Å². The molecule has 0 aliphatic carbocycles. The van der Waals surface area contributed by atoms with E-state index in [1.807, 2.05) is 0 Å². The molecule has 2 N–H and O–H groups in total. The van der Waals surface area contributed by atoms with Crippen LogP contribution in [0.1, 0.15) is 21.7 Å². The minimum atomic E-state index is -0.385. The van der Waals surface area contributed by atoms with Gasteiger partial charge in [-0.15, -0.1) is 0 Å². The van der Waals surface area contributed by atoms with Gasteiger partial charge < -0.3 is 10.2 Å². The van der Waals surface area contributed by atoms with E-state index in [1.165, 1.54) is 12.1 Å². The van der Waals surface area contributed by atoms with Crippen LogP contribution in [0, 0.1) is 0 Å². The number of benzene rings is 1. The van der Waals surface area contributed by atoms with Crippen LogP contribution < -0.4 is 0 Å². The molecule has 0 saturated carbocycles. The van der Waals surface area contributed by atoms with E-state index < -0.39 is 0 Å². The van der Waals surface area contributed by atoms with E-state index in [0.29, 0.717) is 11.3 Å². The van der Waals surface area contributed by atoms with Crippen molar-refractivity contribution in [2.45, 2.75) is 6.61 Å². The molecule has 92 valence electrons. The van der Waals surface area contributed by atoms with Crippen molar-refractivity contribution in [3.8, 4) is 5.75 Å². The van der Waals surface area contributed by atoms with Gasteiger partial charge in [0.25, 0.3) is 0 Å². The van der Waals surface area contributed by atoms with Crippen molar-refractivity contribution in [2.75, 3.05) is 0 Å². The van der Waals surface area contributed by atoms with E-state index >= 15 is 0 Å². The lowest BCUT2D eigenvalue weighted by molar-refractivity contribution is 0.103. The van der Waals surface area contributed by atoms with Crippen LogP contribution in [0.4, 0.5) is 0 Å². The maximum absolute atomic E-state index is 12.2. The third-order valence-corrected chi connectivity index (χ3v) is 2.89. The molecule has 18 heavy (non-hydrogen) atoms. The molecule has 0 unspecified atom stereocenters. The minimum Gasteiger partial charge on any atom is -0.506 e. The number of aliphatic hydroxyl groups excluding tert-OH is 1. The summed E-state index contributed by atoms with van der Waals surface area (Å²) in [6, 6.07) is 9.63. The Bertz CT molecular complexity index is 599. The molecule has 0 aliphatic heterocycles. The Hall–Kier alpha value is -1.72. The molecule has 0 spiro atoms. The number of pyridine rings is 1. The number of ketones is 1. The fourth-order valence-corrected chi connectivity index (χ4v) is 1.91. The summed E-state index contributed by atoms with van der Waals surface area (Å²) in [4.78, 5) is 16.1. The number of hydrogen-bond donors (Lipinski definition) is 2. The lowest BCUT2D eigenvalue weighted by atomic mass is 10.1. The topological polar surface area (TPSA) is 70.4 Å². The normalized spacial score (nSPS) is 10.3. The van der Waals surface area contributed by atoms with E-state index in [0.717, 1.165) is 4.47 Å². The number of aromatic hydroxyl groups is 1. The van der Waals surface area contributed by atoms with Gasteiger partial charge in [0.1, 0.15) is 5.75 Å². The number of hydrogen-bond acceptors (Lipinski definition) is 4. The second-order valence-electron chi connectivity index (χ2n) is 3.67. The molecule has 1 aromatic carbocycles. The Morgan fingerprint density at radius 3 is 2.72 bits per heavy atom. The van der Waals surface area contributed by atoms with Gasteiger partial charge in [0, 0.05) is 10.0 Å². The van der Waals surface area contributed by atoms with Gasteiger partial charge in [0.2, 0.25) is 5.78 Å². The third-order valence-electron chi connectivity index (χ3n) is 2.40. The predicted molar refractivity (Wildman–Crippen MR) is 69.4 cm³/mol. The molecule has 2 rings (SSSR count). The van der Waals surface area contributed by atoms with Crippen molar-refractivity contribution in [3.63, 3.8) is 0 Å². The molecule has 0 radical (unpaired) electrons. The third kappa shape index (κ3) is 2.57. The van der Waals surface area contributed by atoms with Crippen LogP contribution in [-0.2, 0) is 6.61 Å². The number of carbonyl (C=O) groups excluding carboxylic acids is 1. The summed E-state index contributed by atoms with van der Waals surface area (Å²) in [6.07, 6.45) is 0. The maximum atomic E-state index is 12.2. The Balaban J connectivity index is 2.45. The first-order chi connectivity index (χ1) is 8.61. The van der Waals surface area contributed by atoms with Crippen LogP contribution in [0.15, 0.2) is 40.9 Å². The summed E-state index contributed by atoms with van der Waals surface area (Å²) >= 11 is 3.27. The Kier molecular flexibility index (Phi) is 3.74. The molecule has 0 bridgehead atoms. The molecule has 4 nitrogen and oxygen atoms in total. The van der Waals surface area contributed by atoms with Crippen LogP contribution >= 0.6 is 15.9 Å². The molecule has 0 atom stereocenters. The largest absolute Gasteiger partial charge is 0.506 e. The number of carbonyl (C=O) groups is 1. The van der Waals surface area contributed by atoms with Gasteiger partial charge in [0.05, 0.1) is 12.3 Å². The van der Waals surface area contributed by atoms with Crippen LogP contribution in [0.5, 0.6) is 5.75 Å². The lowest BCUT2D eigenvalue weighted by Crippen LogP contribution is -2.06. The Morgan fingerprint density at radius 1 is 1.28 bits per heavy atom. The molecule has 2 aromatic rings. The van der Waals surface area contributed by atoms with Gasteiger partial charge >= 0.3 is 0 Å². The molecule has 5 heteroatoms. The Labute approximate surface area is 112 Å². The van der Waals surface area contributed by atoms with Crippen molar-refractivity contribution in [1.29, 1.82) is 0 Å². The molecule has 0 amide bonds. The second-order valence-corrected chi connectivity index (χ2v) is 4.58. The number of aliphatic hydroxyl groups is 1. The van der Waals surface area contributed by atoms with Crippen molar-refractivity contribution in [1.82, 2.24) is 4.98 Å². The highest BCUT2D eigenvalue weighted by Gasteiger charge is 2.16. The summed E-state index contributed by atoms with van der Waals surface area (Å²) in [5.74, 6) is -0.582. The molecule has 1 heterocycles. The zero-order valence-corrected chi connectivity index (χ0v) is 10.9. The predicted octanol–water partition coefficient (Wildman–Crippen LogP) is 2.27. The average molecular weight is 308 g/mol. The summed E-state index contributed by atoms with van der Waals surface area (Å²) in [5.41, 5.74) is 0.702. The SMILES string of the molecule is O=C(c1cccc(Br)c1)c1nc(CO)ccc1O. The minimum absolute atomic E-state index is 0.0559. The molecular formula is C13H10BrNO3. The summed E-state index contributed by atoms with van der Waals surface area (Å²) in [6.45, 7) is -0.279. The highest BCUT2D eigenvalue weighted by Crippen LogP contribution is 2.20. The maximum Gasteiger partial charge on any atom is 0.215 e. The summed E-state index contributed by atoms with van der Waals surface area (Å²) in [5, 5.41) is 18.6. The van der Waals surface area contributed by atoms with Gasteiger partial charge in [-0.25, -0.2) is 4.98 Å². The molecule has 0 fully saturated rings. The smallest absolute Gasteiger partial charge is 0.215 e. The first-order valence-electron chi connectivity index (χ1n) is 5.22. The highest BCUT2D eigenvalue weighted by atomic mass is 79.9. The van der Waals surface area contributed by atoms with E-state index in [4.69, 9.17) is 5.11 Å². The Morgan fingerprint density at radius 2 is 2.06 bits per heavy atom. The number of nitrogens with zero attached hydrogens (tertiary/aromatic N) is 1. The van der Waals surface area contributed by atoms with Crippen LogP contribution in [0.25, 0.3) is 0 Å². The number of rotatable bonds is 3. The zero-order valence-electron chi connectivity index (χ0n) is 9.30. The summed E-state index contributed by atoms with van der Waals surface area (Å²) in [7, 11) is 0. The molecule has 1 aromatic heterocycles. The molecule has 0 saturated heterocycles. The van der Waals surface area contributed by atoms with Crippen molar-refractivity contribution < 1.29 is 15.0 Å². The number of halogens is 1. The van der Waals surface area contributed by atoms with Crippen LogP contribution in [-0.4, -0.2) is 21.0 Å². The average Bonchev–Trinajstić information content (AvgIpc) is 2.38. The van der Waals surface area contributed by atoms with Gasteiger partial charge in [-0.1, -0.05) is 28.1 Å². The van der Waals surface area contributed by atoms with Crippen molar-refractivity contribution >= 4 is 21.7 Å². The van der Waals surface area contributed by atoms with Gasteiger partial charge in [-0.3, -0.25) is 4.79 Å². The van der Waals surface area contributed by atoms with Gasteiger partial charge in [-0.2, -0.15) is 0 Å². The second kappa shape index (κ2) is 5.29. The summed E-state index contributed by atoms with van der Waals surface area (Å²) < 4.78 is 0.770. The monoisotopic (exact) mass is 307 g/mol. The number of aromatic nitrogens is 1. The van der Waals surface area contributed by atoms with Gasteiger partial charge in [0.15, 0.2) is 5.69 Å². The van der Waals surface area contributed by atoms with Crippen LogP contribution in [0.3, 0.4) is 0 Å². The van der Waals surface area contributed by atoms with Crippen molar-refractivity contribution in [2.24, 2.45) is 0 Å². The van der Waals surface area contributed by atoms with E-state index in [2.05, 4.69) is 20.9 Å². The van der Waals surface area contributed by atoms with Crippen LogP contribution in [0.2, 0.25) is 0 Å². The lowest BCUT2D eigenvalue weighted by Gasteiger charge is -2.05.